The number of phenols is 3. The van der Waals surface area contributed by atoms with E-state index in [2.05, 4.69) is 59.9 Å². The number of hydrogen-bond acceptors (Lipinski definition) is 15. The number of hydrazone groups is 1. The van der Waals surface area contributed by atoms with E-state index in [-0.39, 0.29) is 22.8 Å². The van der Waals surface area contributed by atoms with Gasteiger partial charge in [0.15, 0.2) is 0 Å². The summed E-state index contributed by atoms with van der Waals surface area (Å²) in [5, 5.41) is 41.0. The van der Waals surface area contributed by atoms with Crippen molar-refractivity contribution in [3.05, 3.63) is 118 Å². The fourth-order valence-electron chi connectivity index (χ4n) is 19.3. The highest BCUT2D eigenvalue weighted by atomic mass is 32.1. The van der Waals surface area contributed by atoms with Crippen LogP contribution in [0.15, 0.2) is 93.9 Å². The number of hydrazine groups is 1. The van der Waals surface area contributed by atoms with Gasteiger partial charge in [0.2, 0.25) is 5.11 Å². The van der Waals surface area contributed by atoms with Crippen LogP contribution in [0.3, 0.4) is 0 Å². The predicted octanol–water partition coefficient (Wildman–Crippen LogP) is 12.0. The smallest absolute Gasteiger partial charge is 0.369 e. The molecule has 12 atom stereocenters. The van der Waals surface area contributed by atoms with Gasteiger partial charge in [0.25, 0.3) is 5.08 Å². The van der Waals surface area contributed by atoms with Gasteiger partial charge >= 0.3 is 15.2 Å². The Hall–Kier alpha value is -5.28. The van der Waals surface area contributed by atoms with E-state index >= 15 is 0 Å². The van der Waals surface area contributed by atoms with Gasteiger partial charge in [-0.15, -0.1) is 0 Å². The molecule has 13 rings (SSSR count). The molecule has 0 amide bonds. The number of ether oxygens (including phenoxy) is 1. The van der Waals surface area contributed by atoms with Crippen LogP contribution in [-0.4, -0.2) is 123 Å². The number of phenolic OH excluding ortho intramolecular Hbond substituents is 3. The summed E-state index contributed by atoms with van der Waals surface area (Å²) in [4.78, 5) is 61.5. The number of thiocarbonyl (C=S) groups is 2. The summed E-state index contributed by atoms with van der Waals surface area (Å²) in [6.07, 6.45) is 21.4. The zero-order valence-electron chi connectivity index (χ0n) is 55.2. The summed E-state index contributed by atoms with van der Waals surface area (Å²) in [7, 11) is -9.33. The predicted molar refractivity (Wildman–Crippen MR) is 379 cm³/mol. The number of aryl methyl sites for hydroxylation is 3. The van der Waals surface area contributed by atoms with Crippen LogP contribution in [0.1, 0.15) is 187 Å². The third-order valence-corrected chi connectivity index (χ3v) is 28.6. The standard InChI is InChI=1S/C35H49N3O9P2S.C19H26N4OS.C18H22O2/c1-34-14-13-30-29-10-8-26(39)20-25(29)7-9-31(30)32(34)11-12-33(34)37-23-28(50)22-36-21-24-5-3-6-27(19-24)47-18-4-16-38(2)17-15-35(40,48(41,42)43)49(44,45)46;1-19-9-8-14-13-5-3-12(24)10-11(13)2-4-15(14)16(19)6-7-17(19)22-23-18(25)21-20;1-18-9-8-14-13-5-3-12(19)10-11(13)2-4-15(14)16(18)6-7-17(18)20/h3,5-6,8,10,19-21,30-32,39-40H,4,7,9,11-18,22-23H2,1-2H3,(H2,41,42,43)(H2,44,45,46);3,5,10,14-16,24H,2,4,6-9,20H2,1H3,(H2,21,23,25);3,5,10,14-16,19H,2,4,6-9H2,1H3/b;22-17+;/t30-,31-,32+,34+;14-,15-,16+,19+;14-,15-,16+,18+/m111/s1. The Morgan fingerprint density at radius 2 is 1.14 bits per heavy atom. The van der Waals surface area contributed by atoms with Crippen LogP contribution in [0.25, 0.3) is 0 Å². The molecule has 9 aliphatic carbocycles. The minimum absolute atomic E-state index is 0.0322. The number of hydrogen-bond donors (Lipinski definition) is 11. The number of aliphatic hydroxyl groups is 1. The highest BCUT2D eigenvalue weighted by molar-refractivity contribution is 7.80. The van der Waals surface area contributed by atoms with Gasteiger partial charge in [0.05, 0.1) is 19.7 Å². The summed E-state index contributed by atoms with van der Waals surface area (Å²) in [5.74, 6) is 13.4. The average molecular weight is 1380 g/mol. The van der Waals surface area contributed by atoms with E-state index < -0.39 is 26.7 Å². The van der Waals surface area contributed by atoms with Gasteiger partial charge in [-0.25, -0.2) is 5.84 Å². The maximum atomic E-state index is 12.3. The largest absolute Gasteiger partial charge is 0.508 e. The zero-order chi connectivity index (χ0) is 67.8. The molecule has 4 aromatic carbocycles. The van der Waals surface area contributed by atoms with Gasteiger partial charge < -0.3 is 49.6 Å². The third-order valence-electron chi connectivity index (χ3n) is 24.3. The fraction of sp³-hybridized carbons (Fsp3) is 0.583. The summed E-state index contributed by atoms with van der Waals surface area (Å²) >= 11 is 10.7. The van der Waals surface area contributed by atoms with Crippen molar-refractivity contribution in [3.63, 3.8) is 0 Å². The molecular formula is C72H97N7O12P2S2. The van der Waals surface area contributed by atoms with Crippen molar-refractivity contribution in [1.82, 2.24) is 15.8 Å². The number of benzene rings is 4. The Kier molecular flexibility index (Phi) is 21.6. The Labute approximate surface area is 569 Å². The van der Waals surface area contributed by atoms with E-state index in [1.807, 2.05) is 60.7 Å². The summed E-state index contributed by atoms with van der Waals surface area (Å²) < 4.78 is 28.9. The molecule has 0 unspecified atom stereocenters. The van der Waals surface area contributed by atoms with Crippen molar-refractivity contribution in [1.29, 1.82) is 0 Å². The molecule has 6 fully saturated rings. The number of ketones is 1. The second kappa shape index (κ2) is 28.9. The Balaban J connectivity index is 0.000000167. The number of carbonyl (C=O) groups excluding carboxylic acids is 1. The van der Waals surface area contributed by atoms with Crippen LogP contribution in [0.2, 0.25) is 0 Å². The number of fused-ring (bicyclic) bond motifs is 15. The first kappa shape index (κ1) is 71.0. The second-order valence-electron chi connectivity index (χ2n) is 29.4. The molecule has 0 aliphatic heterocycles. The van der Waals surface area contributed by atoms with Crippen LogP contribution in [0.5, 0.6) is 23.0 Å². The van der Waals surface area contributed by atoms with Crippen LogP contribution >= 0.6 is 39.6 Å². The Morgan fingerprint density at radius 1 is 0.653 bits per heavy atom. The van der Waals surface area contributed by atoms with E-state index in [0.717, 1.165) is 87.5 Å². The first-order valence-corrected chi connectivity index (χ1v) is 38.3. The van der Waals surface area contributed by atoms with E-state index in [9.17, 15) is 53.9 Å². The topological polar surface area (TPSA) is 313 Å². The number of rotatable bonds is 16. The molecule has 19 nitrogen and oxygen atoms in total. The van der Waals surface area contributed by atoms with Crippen molar-refractivity contribution >= 4 is 73.0 Å². The number of Topliss-reactive ketones (excluding diaryl/α,β-unsaturated/α-hetero) is 1. The first-order chi connectivity index (χ1) is 45.1. The maximum absolute atomic E-state index is 12.3. The molecule has 95 heavy (non-hydrogen) atoms. The molecule has 4 aromatic rings. The molecule has 0 aromatic heterocycles. The first-order valence-electron chi connectivity index (χ1n) is 34.3. The summed E-state index contributed by atoms with van der Waals surface area (Å²) in [6.45, 7) is 8.50. The number of nitrogens with one attached hydrogen (secondary N) is 2. The molecule has 0 saturated heterocycles. The lowest BCUT2D eigenvalue weighted by molar-refractivity contribution is -0.129. The number of nitrogens with zero attached hydrogens (tertiary/aromatic N) is 4. The van der Waals surface area contributed by atoms with E-state index in [4.69, 9.17) is 40.0 Å². The van der Waals surface area contributed by atoms with Crippen molar-refractivity contribution < 1.29 is 58.7 Å². The number of aromatic hydroxyl groups is 3. The average Bonchev–Trinajstić information content (AvgIpc) is 1.64. The van der Waals surface area contributed by atoms with Gasteiger partial charge in [-0.05, 0) is 276 Å². The third kappa shape index (κ3) is 14.7. The van der Waals surface area contributed by atoms with Gasteiger partial charge in [0.1, 0.15) is 28.8 Å². The number of carbonyl (C=O) groups is 1. The van der Waals surface area contributed by atoms with Crippen molar-refractivity contribution in [3.8, 4) is 23.0 Å². The molecule has 0 radical (unpaired) electrons. The molecule has 0 bridgehead atoms. The zero-order valence-corrected chi connectivity index (χ0v) is 58.7. The molecule has 0 spiro atoms. The molecule has 6 saturated carbocycles. The second-order valence-corrected chi connectivity index (χ2v) is 34.4. The molecular weight excluding hydrogens is 1280 g/mol. The Morgan fingerprint density at radius 3 is 1.65 bits per heavy atom. The number of aliphatic imine (C=N–C) groups is 2. The van der Waals surface area contributed by atoms with Crippen LogP contribution in [0, 0.1) is 51.8 Å². The monoisotopic (exact) mass is 1380 g/mol. The lowest BCUT2D eigenvalue weighted by Gasteiger charge is -2.49. The van der Waals surface area contributed by atoms with Crippen molar-refractivity contribution in [2.75, 3.05) is 39.8 Å². The van der Waals surface area contributed by atoms with Gasteiger partial charge in [-0.2, -0.15) is 5.10 Å². The quantitative estimate of drug-likeness (QED) is 0.0124. The van der Waals surface area contributed by atoms with Crippen molar-refractivity contribution in [2.45, 2.75) is 172 Å². The molecule has 514 valence electrons. The maximum Gasteiger partial charge on any atom is 0.369 e. The van der Waals surface area contributed by atoms with Gasteiger partial charge in [-0.1, -0.05) is 63.3 Å². The lowest BCUT2D eigenvalue weighted by atomic mass is 9.55. The van der Waals surface area contributed by atoms with Crippen molar-refractivity contribution in [2.24, 2.45) is 72.7 Å². The van der Waals surface area contributed by atoms with Crippen LogP contribution in [0.4, 0.5) is 0 Å². The molecule has 9 aliphatic rings. The van der Waals surface area contributed by atoms with Crippen LogP contribution < -0.4 is 21.4 Å². The normalized spacial score (nSPS) is 30.4. The van der Waals surface area contributed by atoms with E-state index in [1.165, 1.54) is 83.3 Å². The minimum Gasteiger partial charge on any atom is -0.508 e. The van der Waals surface area contributed by atoms with Crippen LogP contribution in [-0.2, 0) is 33.2 Å². The van der Waals surface area contributed by atoms with Gasteiger partial charge in [-0.3, -0.25) is 34.8 Å². The Bertz CT molecular complexity index is 3710. The molecule has 0 heterocycles. The van der Waals surface area contributed by atoms with E-state index in [1.54, 1.807) is 18.2 Å². The minimum atomic E-state index is -5.47. The highest BCUT2D eigenvalue weighted by Gasteiger charge is 2.60. The summed E-state index contributed by atoms with van der Waals surface area (Å²) in [6, 6.07) is 25.3. The molecule has 12 N–H and O–H groups in total. The summed E-state index contributed by atoms with van der Waals surface area (Å²) in [5.41, 5.74) is 17.3. The van der Waals surface area contributed by atoms with Gasteiger partial charge in [0, 0.05) is 64.7 Å². The van der Waals surface area contributed by atoms with E-state index in [0.29, 0.717) is 120 Å². The molecule has 23 heteroatoms. The SMILES string of the molecule is CN(CCCOc1cccc(C=NCC(=S)CN=C2CC[C@H]3[C@@H]4CCc5cc(O)ccc5[C@H]4CC[C@]23C)c1)CCC(O)(P(=O)(O)O)P(=O)(O)O.C[C@]12CC[C@@H]3c4ccc(O)cc4CC[C@H]3[C@@H]1CC/C2=N\NC(=S)NN.C[C@]12CC[C@@H]3c4ccc(O)cc4CC[C@H]3[C@@H]1CCC2=O. The lowest BCUT2D eigenvalue weighted by Crippen LogP contribution is -2.43. The highest BCUT2D eigenvalue weighted by Crippen LogP contribution is 2.69. The fourth-order valence-corrected chi connectivity index (χ4v) is 21.6. The number of nitrogens with two attached hydrogens (primary N) is 1.